The first kappa shape index (κ1) is 14.4. The van der Waals surface area contributed by atoms with Gasteiger partial charge in [0.2, 0.25) is 0 Å². The zero-order valence-corrected chi connectivity index (χ0v) is 11.0. The lowest BCUT2D eigenvalue weighted by atomic mass is 9.81. The van der Waals surface area contributed by atoms with E-state index in [-0.39, 0.29) is 5.97 Å². The Morgan fingerprint density at radius 1 is 1.33 bits per heavy atom. The number of ketones is 1. The number of hydrogen-bond donors (Lipinski definition) is 0. The van der Waals surface area contributed by atoms with E-state index in [4.69, 9.17) is 0 Å². The van der Waals surface area contributed by atoms with E-state index < -0.39 is 0 Å². The Bertz CT molecular complexity index is 384. The summed E-state index contributed by atoms with van der Waals surface area (Å²) in [6.45, 7) is 2.13. The van der Waals surface area contributed by atoms with E-state index in [1.807, 2.05) is 6.07 Å². The Balaban J connectivity index is 0.000000184. The van der Waals surface area contributed by atoms with Gasteiger partial charge in [-0.2, -0.15) is 0 Å². The van der Waals surface area contributed by atoms with Crippen molar-refractivity contribution in [3.63, 3.8) is 0 Å². The molecule has 0 amide bonds. The third kappa shape index (κ3) is 4.32. The zero-order chi connectivity index (χ0) is 13.4. The second-order valence-corrected chi connectivity index (χ2v) is 4.35. The summed E-state index contributed by atoms with van der Waals surface area (Å²) in [6.07, 6.45) is 4.30. The van der Waals surface area contributed by atoms with Gasteiger partial charge in [0.25, 0.3) is 0 Å². The van der Waals surface area contributed by atoms with Crippen LogP contribution in [0.5, 0.6) is 0 Å². The fourth-order valence-electron chi connectivity index (χ4n) is 1.81. The summed E-state index contributed by atoms with van der Waals surface area (Å²) in [7, 11) is 1.37. The van der Waals surface area contributed by atoms with Crippen LogP contribution in [0.4, 0.5) is 0 Å². The van der Waals surface area contributed by atoms with Gasteiger partial charge < -0.3 is 4.74 Å². The molecule has 0 aromatic heterocycles. The van der Waals surface area contributed by atoms with Crippen LogP contribution in [0.1, 0.15) is 43.0 Å². The molecule has 3 heteroatoms. The normalized spacial score (nSPS) is 17.2. The fourth-order valence-corrected chi connectivity index (χ4v) is 1.81. The minimum absolute atomic E-state index is 0.291. The third-order valence-corrected chi connectivity index (χ3v) is 3.03. The Morgan fingerprint density at radius 2 is 2.00 bits per heavy atom. The van der Waals surface area contributed by atoms with Crippen molar-refractivity contribution >= 4 is 11.8 Å². The van der Waals surface area contributed by atoms with Crippen molar-refractivity contribution in [3.8, 4) is 0 Å². The maximum Gasteiger partial charge on any atom is 0.337 e. The highest BCUT2D eigenvalue weighted by Gasteiger charge is 2.26. The fraction of sp³-hybridized carbons (Fsp3) is 0.467. The summed E-state index contributed by atoms with van der Waals surface area (Å²) >= 11 is 0. The van der Waals surface area contributed by atoms with Gasteiger partial charge in [0.15, 0.2) is 0 Å². The van der Waals surface area contributed by atoms with E-state index in [0.29, 0.717) is 17.3 Å². The van der Waals surface area contributed by atoms with Gasteiger partial charge in [-0.3, -0.25) is 4.79 Å². The molecule has 0 aliphatic heterocycles. The van der Waals surface area contributed by atoms with Crippen LogP contribution in [0.15, 0.2) is 30.3 Å². The lowest BCUT2D eigenvalue weighted by Gasteiger charge is -2.22. The first-order valence-electron chi connectivity index (χ1n) is 6.35. The van der Waals surface area contributed by atoms with Crippen LogP contribution in [0, 0.1) is 5.92 Å². The molecule has 1 unspecified atom stereocenters. The molecular formula is C15H20O3. The lowest BCUT2D eigenvalue weighted by molar-refractivity contribution is -0.129. The predicted octanol–water partition coefficient (Wildman–Crippen LogP) is 3.24. The molecule has 0 heterocycles. The smallest absolute Gasteiger partial charge is 0.337 e. The van der Waals surface area contributed by atoms with Crippen LogP contribution < -0.4 is 0 Å². The molecule has 3 nitrogen and oxygen atoms in total. The molecule has 1 aliphatic carbocycles. The highest BCUT2D eigenvalue weighted by atomic mass is 16.5. The molecule has 0 spiro atoms. The molecule has 2 rings (SSSR count). The highest BCUT2D eigenvalue weighted by molar-refractivity contribution is 5.89. The first-order chi connectivity index (χ1) is 8.69. The number of hydrogen-bond acceptors (Lipinski definition) is 3. The van der Waals surface area contributed by atoms with Gasteiger partial charge in [0, 0.05) is 12.3 Å². The number of benzene rings is 1. The average Bonchev–Trinajstić information content (AvgIpc) is 2.44. The maximum atomic E-state index is 10.8. The second kappa shape index (κ2) is 7.64. The van der Waals surface area contributed by atoms with Crippen molar-refractivity contribution < 1.29 is 14.3 Å². The van der Waals surface area contributed by atoms with Crippen molar-refractivity contribution in [1.29, 1.82) is 0 Å². The van der Waals surface area contributed by atoms with E-state index >= 15 is 0 Å². The number of Topliss-reactive ketones (excluding diaryl/α,β-unsaturated/α-hetero) is 1. The summed E-state index contributed by atoms with van der Waals surface area (Å²) in [4.78, 5) is 21.4. The van der Waals surface area contributed by atoms with Crippen molar-refractivity contribution in [3.05, 3.63) is 35.9 Å². The monoisotopic (exact) mass is 248 g/mol. The Morgan fingerprint density at radius 3 is 2.33 bits per heavy atom. The van der Waals surface area contributed by atoms with Gasteiger partial charge in [-0.15, -0.1) is 0 Å². The Hall–Kier alpha value is -1.64. The topological polar surface area (TPSA) is 43.4 Å². The lowest BCUT2D eigenvalue weighted by Crippen LogP contribution is -2.24. The standard InChI is InChI=1S/C8H8O2.C7H12O/c1-10-8(9)7-5-3-2-4-6-7;1-2-3-6-4-5-7(6)8/h2-6H,1H3;6H,2-5H2,1H3. The van der Waals surface area contributed by atoms with Crippen LogP contribution >= 0.6 is 0 Å². The maximum absolute atomic E-state index is 10.8. The molecule has 1 aromatic carbocycles. The summed E-state index contributed by atoms with van der Waals surface area (Å²) < 4.78 is 4.50. The van der Waals surface area contributed by atoms with Crippen LogP contribution in [-0.2, 0) is 9.53 Å². The van der Waals surface area contributed by atoms with Gasteiger partial charge in [-0.05, 0) is 25.0 Å². The minimum atomic E-state index is -0.291. The van der Waals surface area contributed by atoms with Gasteiger partial charge in [0.05, 0.1) is 12.7 Å². The number of methoxy groups -OCH3 is 1. The number of carbonyl (C=O) groups is 2. The average molecular weight is 248 g/mol. The van der Waals surface area contributed by atoms with E-state index in [1.165, 1.54) is 7.11 Å². The number of esters is 1. The van der Waals surface area contributed by atoms with Crippen LogP contribution in [-0.4, -0.2) is 18.9 Å². The van der Waals surface area contributed by atoms with Gasteiger partial charge >= 0.3 is 5.97 Å². The van der Waals surface area contributed by atoms with Crippen molar-refractivity contribution in [2.24, 2.45) is 5.92 Å². The molecule has 1 aromatic rings. The van der Waals surface area contributed by atoms with E-state index in [9.17, 15) is 9.59 Å². The highest BCUT2D eigenvalue weighted by Crippen LogP contribution is 2.26. The first-order valence-corrected chi connectivity index (χ1v) is 6.35. The summed E-state index contributed by atoms with van der Waals surface area (Å²) in [6, 6.07) is 8.88. The van der Waals surface area contributed by atoms with E-state index in [0.717, 1.165) is 25.7 Å². The van der Waals surface area contributed by atoms with Crippen molar-refractivity contribution in [2.45, 2.75) is 32.6 Å². The molecule has 1 fully saturated rings. The second-order valence-electron chi connectivity index (χ2n) is 4.35. The molecule has 1 atom stereocenters. The molecule has 18 heavy (non-hydrogen) atoms. The molecular weight excluding hydrogens is 228 g/mol. The SMILES string of the molecule is CCCC1CCC1=O.COC(=O)c1ccccc1. The Kier molecular flexibility index (Phi) is 6.12. The molecule has 0 radical (unpaired) electrons. The van der Waals surface area contributed by atoms with Crippen LogP contribution in [0.3, 0.4) is 0 Å². The molecule has 0 N–H and O–H groups in total. The molecule has 1 saturated carbocycles. The summed E-state index contributed by atoms with van der Waals surface area (Å²) in [5.41, 5.74) is 0.588. The zero-order valence-electron chi connectivity index (χ0n) is 11.0. The van der Waals surface area contributed by atoms with E-state index in [1.54, 1.807) is 24.3 Å². The minimum Gasteiger partial charge on any atom is -0.465 e. The number of ether oxygens (including phenoxy) is 1. The van der Waals surface area contributed by atoms with Crippen LogP contribution in [0.2, 0.25) is 0 Å². The van der Waals surface area contributed by atoms with Crippen molar-refractivity contribution in [1.82, 2.24) is 0 Å². The van der Waals surface area contributed by atoms with Gasteiger partial charge in [-0.1, -0.05) is 31.5 Å². The molecule has 0 bridgehead atoms. The third-order valence-electron chi connectivity index (χ3n) is 3.03. The largest absolute Gasteiger partial charge is 0.465 e. The number of rotatable bonds is 3. The van der Waals surface area contributed by atoms with Gasteiger partial charge in [0.1, 0.15) is 5.78 Å². The number of carbonyl (C=O) groups excluding carboxylic acids is 2. The molecule has 1 aliphatic rings. The van der Waals surface area contributed by atoms with E-state index in [2.05, 4.69) is 11.7 Å². The predicted molar refractivity (Wildman–Crippen MR) is 70.4 cm³/mol. The van der Waals surface area contributed by atoms with Crippen LogP contribution in [0.25, 0.3) is 0 Å². The quantitative estimate of drug-likeness (QED) is 0.771. The van der Waals surface area contributed by atoms with Gasteiger partial charge in [-0.25, -0.2) is 4.79 Å². The molecule has 98 valence electrons. The Labute approximate surface area is 108 Å². The summed E-state index contributed by atoms with van der Waals surface area (Å²) in [5, 5.41) is 0. The summed E-state index contributed by atoms with van der Waals surface area (Å²) in [5.74, 6) is 0.660. The molecule has 0 saturated heterocycles. The van der Waals surface area contributed by atoms with Crippen molar-refractivity contribution in [2.75, 3.05) is 7.11 Å².